The molecular formula is C11H13BrClFN2. The van der Waals surface area contributed by atoms with Crippen molar-refractivity contribution < 1.29 is 4.39 Å². The van der Waals surface area contributed by atoms with Crippen molar-refractivity contribution in [1.29, 1.82) is 0 Å². The van der Waals surface area contributed by atoms with Crippen LogP contribution in [0.15, 0.2) is 22.9 Å². The molecule has 16 heavy (non-hydrogen) atoms. The van der Waals surface area contributed by atoms with E-state index in [1.54, 1.807) is 12.4 Å². The number of halogens is 3. The van der Waals surface area contributed by atoms with Crippen molar-refractivity contribution in [3.8, 4) is 0 Å². The van der Waals surface area contributed by atoms with Crippen LogP contribution in [0.5, 0.6) is 0 Å². The van der Waals surface area contributed by atoms with Crippen LogP contribution in [0.2, 0.25) is 0 Å². The van der Waals surface area contributed by atoms with E-state index >= 15 is 0 Å². The standard InChI is InChI=1S/C11H12BrFN2.ClH/c1-2-3-4-15-7-14-10-5-8(12)9(13)6-11(10)15;/h5-7H,2-4H2,1H3;1H. The van der Waals surface area contributed by atoms with Gasteiger partial charge in [0.1, 0.15) is 5.82 Å². The quantitative estimate of drug-likeness (QED) is 0.832. The van der Waals surface area contributed by atoms with Crippen LogP contribution in [0, 0.1) is 5.82 Å². The average Bonchev–Trinajstić information content (AvgIpc) is 2.59. The Hall–Kier alpha value is -0.610. The molecule has 2 nitrogen and oxygen atoms in total. The maximum atomic E-state index is 13.3. The Morgan fingerprint density at radius 2 is 2.19 bits per heavy atom. The molecule has 2 rings (SSSR count). The van der Waals surface area contributed by atoms with Crippen molar-refractivity contribution in [3.63, 3.8) is 0 Å². The first-order valence-electron chi connectivity index (χ1n) is 5.02. The third-order valence-electron chi connectivity index (χ3n) is 2.42. The molecule has 0 aliphatic rings. The minimum atomic E-state index is -0.235. The maximum Gasteiger partial charge on any atom is 0.139 e. The molecule has 0 bridgehead atoms. The molecule has 88 valence electrons. The van der Waals surface area contributed by atoms with Crippen molar-refractivity contribution in [3.05, 3.63) is 28.7 Å². The van der Waals surface area contributed by atoms with Gasteiger partial charge in [-0.15, -0.1) is 12.4 Å². The van der Waals surface area contributed by atoms with Crippen molar-refractivity contribution in [2.24, 2.45) is 0 Å². The van der Waals surface area contributed by atoms with Crippen LogP contribution < -0.4 is 0 Å². The van der Waals surface area contributed by atoms with E-state index in [0.717, 1.165) is 30.4 Å². The molecule has 0 aliphatic heterocycles. The van der Waals surface area contributed by atoms with Crippen LogP contribution in [-0.4, -0.2) is 9.55 Å². The van der Waals surface area contributed by atoms with Crippen molar-refractivity contribution >= 4 is 39.4 Å². The van der Waals surface area contributed by atoms with E-state index in [-0.39, 0.29) is 18.2 Å². The lowest BCUT2D eigenvalue weighted by Gasteiger charge is -2.02. The molecule has 2 aromatic rings. The zero-order chi connectivity index (χ0) is 10.8. The van der Waals surface area contributed by atoms with Gasteiger partial charge in [-0.25, -0.2) is 9.37 Å². The van der Waals surface area contributed by atoms with E-state index in [4.69, 9.17) is 0 Å². The van der Waals surface area contributed by atoms with Gasteiger partial charge in [0.05, 0.1) is 21.8 Å². The van der Waals surface area contributed by atoms with E-state index in [9.17, 15) is 4.39 Å². The van der Waals surface area contributed by atoms with E-state index in [0.29, 0.717) is 4.47 Å². The molecule has 0 fully saturated rings. The number of rotatable bonds is 3. The zero-order valence-electron chi connectivity index (χ0n) is 8.91. The van der Waals surface area contributed by atoms with E-state index in [2.05, 4.69) is 27.8 Å². The van der Waals surface area contributed by atoms with Gasteiger partial charge in [-0.3, -0.25) is 0 Å². The summed E-state index contributed by atoms with van der Waals surface area (Å²) in [6, 6.07) is 3.25. The summed E-state index contributed by atoms with van der Waals surface area (Å²) < 4.78 is 15.8. The normalized spacial score (nSPS) is 10.4. The summed E-state index contributed by atoms with van der Waals surface area (Å²) in [5.41, 5.74) is 1.70. The lowest BCUT2D eigenvalue weighted by Crippen LogP contribution is -1.95. The van der Waals surface area contributed by atoms with Gasteiger partial charge < -0.3 is 4.57 Å². The molecule has 1 aromatic heterocycles. The molecule has 0 saturated carbocycles. The molecule has 0 radical (unpaired) electrons. The molecule has 1 aromatic carbocycles. The smallest absolute Gasteiger partial charge is 0.139 e. The summed E-state index contributed by atoms with van der Waals surface area (Å²) in [5.74, 6) is -0.235. The van der Waals surface area contributed by atoms with Gasteiger partial charge in [-0.1, -0.05) is 13.3 Å². The predicted molar refractivity (Wildman–Crippen MR) is 69.5 cm³/mol. The van der Waals surface area contributed by atoms with Crippen LogP contribution in [0.25, 0.3) is 11.0 Å². The minimum Gasteiger partial charge on any atom is -0.331 e. The van der Waals surface area contributed by atoms with Crippen LogP contribution in [0.1, 0.15) is 19.8 Å². The van der Waals surface area contributed by atoms with Gasteiger partial charge in [0.15, 0.2) is 0 Å². The Labute approximate surface area is 108 Å². The summed E-state index contributed by atoms with van der Waals surface area (Å²) in [6.45, 7) is 3.03. The highest BCUT2D eigenvalue weighted by atomic mass is 79.9. The number of imidazole rings is 1. The Morgan fingerprint density at radius 3 is 2.88 bits per heavy atom. The lowest BCUT2D eigenvalue weighted by molar-refractivity contribution is 0.617. The number of benzene rings is 1. The number of hydrogen-bond acceptors (Lipinski definition) is 1. The van der Waals surface area contributed by atoms with Gasteiger partial charge in [-0.2, -0.15) is 0 Å². The van der Waals surface area contributed by atoms with Crippen molar-refractivity contribution in [2.45, 2.75) is 26.3 Å². The second-order valence-electron chi connectivity index (χ2n) is 3.55. The highest BCUT2D eigenvalue weighted by Gasteiger charge is 2.06. The molecule has 0 atom stereocenters. The van der Waals surface area contributed by atoms with Crippen molar-refractivity contribution in [1.82, 2.24) is 9.55 Å². The molecule has 0 saturated heterocycles. The first-order chi connectivity index (χ1) is 7.22. The maximum absolute atomic E-state index is 13.3. The summed E-state index contributed by atoms with van der Waals surface area (Å²) in [6.07, 6.45) is 3.98. The fraction of sp³-hybridized carbons (Fsp3) is 0.364. The second-order valence-corrected chi connectivity index (χ2v) is 4.40. The Bertz CT molecular complexity index is 484. The van der Waals surface area contributed by atoms with E-state index < -0.39 is 0 Å². The largest absolute Gasteiger partial charge is 0.331 e. The molecule has 0 amide bonds. The lowest BCUT2D eigenvalue weighted by atomic mass is 10.3. The van der Waals surface area contributed by atoms with Gasteiger partial charge in [0, 0.05) is 12.6 Å². The van der Waals surface area contributed by atoms with Crippen LogP contribution >= 0.6 is 28.3 Å². The van der Waals surface area contributed by atoms with E-state index in [1.807, 2.05) is 4.57 Å². The zero-order valence-corrected chi connectivity index (χ0v) is 11.3. The minimum absolute atomic E-state index is 0. The topological polar surface area (TPSA) is 17.8 Å². The molecule has 1 heterocycles. The summed E-state index contributed by atoms with van der Waals surface area (Å²) in [5, 5.41) is 0. The predicted octanol–water partition coefficient (Wildman–Crippen LogP) is 4.16. The summed E-state index contributed by atoms with van der Waals surface area (Å²) in [7, 11) is 0. The first-order valence-corrected chi connectivity index (χ1v) is 5.81. The molecule has 0 aliphatic carbocycles. The molecule has 5 heteroatoms. The number of nitrogens with zero attached hydrogens (tertiary/aromatic N) is 2. The second kappa shape index (κ2) is 5.64. The highest BCUT2D eigenvalue weighted by molar-refractivity contribution is 9.10. The van der Waals surface area contributed by atoms with Crippen LogP contribution in [-0.2, 0) is 6.54 Å². The summed E-state index contributed by atoms with van der Waals surface area (Å²) >= 11 is 3.15. The Balaban J connectivity index is 0.00000128. The molecular weight excluding hydrogens is 294 g/mol. The SMILES string of the molecule is CCCCn1cnc2cc(Br)c(F)cc21.Cl. The average molecular weight is 308 g/mol. The van der Waals surface area contributed by atoms with Gasteiger partial charge in [0.2, 0.25) is 0 Å². The molecule has 0 N–H and O–H groups in total. The highest BCUT2D eigenvalue weighted by Crippen LogP contribution is 2.22. The Kier molecular flexibility index (Phi) is 4.74. The number of unbranched alkanes of at least 4 members (excludes halogenated alkanes) is 1. The van der Waals surface area contributed by atoms with Gasteiger partial charge in [-0.05, 0) is 28.4 Å². The molecule has 0 spiro atoms. The van der Waals surface area contributed by atoms with E-state index in [1.165, 1.54) is 6.07 Å². The fourth-order valence-electron chi connectivity index (χ4n) is 1.56. The summed E-state index contributed by atoms with van der Waals surface area (Å²) in [4.78, 5) is 4.24. The Morgan fingerprint density at radius 1 is 1.44 bits per heavy atom. The third-order valence-corrected chi connectivity index (χ3v) is 3.02. The number of aromatic nitrogens is 2. The van der Waals surface area contributed by atoms with Crippen LogP contribution in [0.3, 0.4) is 0 Å². The monoisotopic (exact) mass is 306 g/mol. The number of hydrogen-bond donors (Lipinski definition) is 0. The third kappa shape index (κ3) is 2.55. The van der Waals surface area contributed by atoms with Crippen LogP contribution in [0.4, 0.5) is 4.39 Å². The van der Waals surface area contributed by atoms with Crippen molar-refractivity contribution in [2.75, 3.05) is 0 Å². The molecule has 0 unspecified atom stereocenters. The fourth-order valence-corrected chi connectivity index (χ4v) is 1.89. The number of fused-ring (bicyclic) bond motifs is 1. The first kappa shape index (κ1) is 13.5. The van der Waals surface area contributed by atoms with Gasteiger partial charge >= 0.3 is 0 Å². The number of aryl methyl sites for hydroxylation is 1. The van der Waals surface area contributed by atoms with Gasteiger partial charge in [0.25, 0.3) is 0 Å².